The van der Waals surface area contributed by atoms with Gasteiger partial charge in [0.25, 0.3) is 5.91 Å². The summed E-state index contributed by atoms with van der Waals surface area (Å²) in [5.74, 6) is 0.559. The summed E-state index contributed by atoms with van der Waals surface area (Å²) >= 11 is 0. The molecule has 24 heavy (non-hydrogen) atoms. The number of morpholine rings is 1. The second kappa shape index (κ2) is 6.50. The summed E-state index contributed by atoms with van der Waals surface area (Å²) < 4.78 is 30.1. The molecular weight excluding hydrogens is 332 g/mol. The summed E-state index contributed by atoms with van der Waals surface area (Å²) in [6.45, 7) is 3.03. The molecule has 2 heterocycles. The van der Waals surface area contributed by atoms with E-state index in [0.29, 0.717) is 18.7 Å². The van der Waals surface area contributed by atoms with Gasteiger partial charge in [-0.1, -0.05) is 0 Å². The van der Waals surface area contributed by atoms with Crippen molar-refractivity contribution in [2.24, 2.45) is 0 Å². The summed E-state index contributed by atoms with van der Waals surface area (Å²) in [6.07, 6.45) is 0.825. The molecule has 1 aliphatic heterocycles. The van der Waals surface area contributed by atoms with Gasteiger partial charge in [-0.2, -0.15) is 4.31 Å². The summed E-state index contributed by atoms with van der Waals surface area (Å²) in [6, 6.07) is 5.24. The van der Waals surface area contributed by atoms with E-state index in [0.717, 1.165) is 16.9 Å². The van der Waals surface area contributed by atoms with Gasteiger partial charge in [-0.3, -0.25) is 4.79 Å². The van der Waals surface area contributed by atoms with Crippen LogP contribution in [0.5, 0.6) is 0 Å². The molecular formula is C15H20N4O4S. The van der Waals surface area contributed by atoms with Crippen molar-refractivity contribution in [1.82, 2.24) is 19.6 Å². The third kappa shape index (κ3) is 3.74. The normalized spacial score (nSPS) is 19.5. The van der Waals surface area contributed by atoms with Crippen LogP contribution in [0.1, 0.15) is 16.2 Å². The van der Waals surface area contributed by atoms with E-state index >= 15 is 0 Å². The van der Waals surface area contributed by atoms with E-state index in [2.05, 4.69) is 15.3 Å². The van der Waals surface area contributed by atoms with Crippen molar-refractivity contribution in [3.8, 4) is 0 Å². The number of aromatic nitrogens is 2. The number of carbonyl (C=O) groups is 1. The Bertz CT molecular complexity index is 861. The standard InChI is InChI=1S/C15H20N4O4S/c1-10-17-13-4-3-11(7-14(13)18-10)15(20)16-8-12-9-19(5-6-23-12)24(2,21)22/h3-4,7,12H,5-6,8-9H2,1-2H3,(H,16,20)(H,17,18). The first kappa shape index (κ1) is 16.9. The predicted molar refractivity (Wildman–Crippen MR) is 89.3 cm³/mol. The quantitative estimate of drug-likeness (QED) is 0.821. The second-order valence-corrected chi connectivity index (χ2v) is 7.86. The number of sulfonamides is 1. The highest BCUT2D eigenvalue weighted by Crippen LogP contribution is 2.14. The molecule has 8 nitrogen and oxygen atoms in total. The Morgan fingerprint density at radius 1 is 1.50 bits per heavy atom. The van der Waals surface area contributed by atoms with Gasteiger partial charge in [0.1, 0.15) is 5.82 Å². The van der Waals surface area contributed by atoms with Crippen molar-refractivity contribution in [1.29, 1.82) is 0 Å². The minimum atomic E-state index is -3.24. The molecule has 9 heteroatoms. The van der Waals surface area contributed by atoms with Gasteiger partial charge >= 0.3 is 0 Å². The van der Waals surface area contributed by atoms with Gasteiger partial charge in [0.15, 0.2) is 0 Å². The SMILES string of the molecule is Cc1nc2ccc(C(=O)NCC3CN(S(C)(=O)=O)CCO3)cc2[nH]1. The number of H-pyrrole nitrogens is 1. The van der Waals surface area contributed by atoms with Crippen LogP contribution in [0, 0.1) is 6.92 Å². The van der Waals surface area contributed by atoms with Crippen LogP contribution in [-0.2, 0) is 14.8 Å². The molecule has 1 amide bonds. The third-order valence-corrected chi connectivity index (χ3v) is 5.19. The second-order valence-electron chi connectivity index (χ2n) is 5.88. The summed E-state index contributed by atoms with van der Waals surface area (Å²) in [7, 11) is -3.24. The lowest BCUT2D eigenvalue weighted by Crippen LogP contribution is -2.49. The van der Waals surface area contributed by atoms with Crippen LogP contribution in [0.2, 0.25) is 0 Å². The fourth-order valence-electron chi connectivity index (χ4n) is 2.70. The first-order valence-electron chi connectivity index (χ1n) is 7.64. The molecule has 1 fully saturated rings. The molecule has 0 aliphatic carbocycles. The van der Waals surface area contributed by atoms with Gasteiger partial charge in [0, 0.05) is 25.2 Å². The smallest absolute Gasteiger partial charge is 0.251 e. The molecule has 130 valence electrons. The zero-order valence-electron chi connectivity index (χ0n) is 13.6. The van der Waals surface area contributed by atoms with E-state index in [4.69, 9.17) is 4.74 Å². The fraction of sp³-hybridized carbons (Fsp3) is 0.467. The maximum absolute atomic E-state index is 12.3. The lowest BCUT2D eigenvalue weighted by Gasteiger charge is -2.31. The van der Waals surface area contributed by atoms with Crippen molar-refractivity contribution >= 4 is 27.0 Å². The Kier molecular flexibility index (Phi) is 4.57. The molecule has 0 spiro atoms. The van der Waals surface area contributed by atoms with E-state index in [9.17, 15) is 13.2 Å². The minimum Gasteiger partial charge on any atom is -0.374 e. The minimum absolute atomic E-state index is 0.232. The number of hydrogen-bond donors (Lipinski definition) is 2. The van der Waals surface area contributed by atoms with Crippen molar-refractivity contribution < 1.29 is 17.9 Å². The number of rotatable bonds is 4. The fourth-order valence-corrected chi connectivity index (χ4v) is 3.55. The number of carbonyl (C=O) groups excluding carboxylic acids is 1. The van der Waals surface area contributed by atoms with Crippen LogP contribution in [-0.4, -0.2) is 67.2 Å². The van der Waals surface area contributed by atoms with Gasteiger partial charge in [0.2, 0.25) is 10.0 Å². The average Bonchev–Trinajstić information content (AvgIpc) is 2.91. The Morgan fingerprint density at radius 2 is 2.29 bits per heavy atom. The highest BCUT2D eigenvalue weighted by Gasteiger charge is 2.26. The summed E-state index contributed by atoms with van der Waals surface area (Å²) in [4.78, 5) is 19.7. The molecule has 0 saturated carbocycles. The number of fused-ring (bicyclic) bond motifs is 1. The van der Waals surface area contributed by atoms with Gasteiger partial charge in [-0.15, -0.1) is 0 Å². The molecule has 1 unspecified atom stereocenters. The van der Waals surface area contributed by atoms with Crippen LogP contribution in [0.15, 0.2) is 18.2 Å². The van der Waals surface area contributed by atoms with Crippen molar-refractivity contribution in [3.05, 3.63) is 29.6 Å². The van der Waals surface area contributed by atoms with E-state index in [1.54, 1.807) is 18.2 Å². The van der Waals surface area contributed by atoms with Gasteiger partial charge in [-0.05, 0) is 25.1 Å². The molecule has 2 aromatic rings. The van der Waals surface area contributed by atoms with E-state index in [1.165, 1.54) is 10.6 Å². The Morgan fingerprint density at radius 3 is 3.04 bits per heavy atom. The van der Waals surface area contributed by atoms with Crippen LogP contribution in [0.3, 0.4) is 0 Å². The van der Waals surface area contributed by atoms with Crippen LogP contribution in [0.25, 0.3) is 11.0 Å². The Hall–Kier alpha value is -1.97. The largest absolute Gasteiger partial charge is 0.374 e. The zero-order valence-corrected chi connectivity index (χ0v) is 14.4. The van der Waals surface area contributed by atoms with Gasteiger partial charge < -0.3 is 15.0 Å². The lowest BCUT2D eigenvalue weighted by atomic mass is 10.2. The first-order valence-corrected chi connectivity index (χ1v) is 9.49. The first-order chi connectivity index (χ1) is 11.3. The van der Waals surface area contributed by atoms with Crippen molar-refractivity contribution in [2.75, 3.05) is 32.5 Å². The number of nitrogens with one attached hydrogen (secondary N) is 2. The number of aryl methyl sites for hydroxylation is 1. The molecule has 1 aromatic carbocycles. The van der Waals surface area contributed by atoms with Crippen LogP contribution in [0.4, 0.5) is 0 Å². The molecule has 1 aliphatic rings. The van der Waals surface area contributed by atoms with Gasteiger partial charge in [-0.25, -0.2) is 13.4 Å². The van der Waals surface area contributed by atoms with Crippen molar-refractivity contribution in [2.45, 2.75) is 13.0 Å². The Labute approximate surface area is 140 Å². The number of hydrogen-bond acceptors (Lipinski definition) is 5. The van der Waals surface area contributed by atoms with Crippen LogP contribution < -0.4 is 5.32 Å². The van der Waals surface area contributed by atoms with E-state index in [1.807, 2.05) is 6.92 Å². The maximum Gasteiger partial charge on any atom is 0.251 e. The molecule has 0 radical (unpaired) electrons. The zero-order chi connectivity index (χ0) is 17.3. The molecule has 0 bridgehead atoms. The predicted octanol–water partition coefficient (Wildman–Crippen LogP) is 0.262. The van der Waals surface area contributed by atoms with Crippen molar-refractivity contribution in [3.63, 3.8) is 0 Å². The molecule has 3 rings (SSSR count). The highest BCUT2D eigenvalue weighted by molar-refractivity contribution is 7.88. The molecule has 2 N–H and O–H groups in total. The lowest BCUT2D eigenvalue weighted by molar-refractivity contribution is 0.000439. The van der Waals surface area contributed by atoms with E-state index < -0.39 is 10.0 Å². The monoisotopic (exact) mass is 352 g/mol. The number of benzene rings is 1. The Balaban J connectivity index is 1.62. The van der Waals surface area contributed by atoms with Gasteiger partial charge in [0.05, 0.1) is 30.0 Å². The summed E-state index contributed by atoms with van der Waals surface area (Å²) in [5.41, 5.74) is 2.13. The van der Waals surface area contributed by atoms with E-state index in [-0.39, 0.29) is 25.1 Å². The number of amides is 1. The molecule has 1 aromatic heterocycles. The maximum atomic E-state index is 12.3. The highest BCUT2D eigenvalue weighted by atomic mass is 32.2. The van der Waals surface area contributed by atoms with Crippen LogP contribution >= 0.6 is 0 Å². The number of aromatic amines is 1. The number of nitrogens with zero attached hydrogens (tertiary/aromatic N) is 2. The molecule has 1 atom stereocenters. The number of imidazole rings is 1. The average molecular weight is 352 g/mol. The topological polar surface area (TPSA) is 104 Å². The molecule has 1 saturated heterocycles. The third-order valence-electron chi connectivity index (χ3n) is 3.92. The number of ether oxygens (including phenoxy) is 1. The summed E-state index contributed by atoms with van der Waals surface area (Å²) in [5, 5.41) is 2.79.